The normalized spacial score (nSPS) is 18.0. The third kappa shape index (κ3) is 4.90. The molecule has 1 saturated heterocycles. The van der Waals surface area contributed by atoms with Crippen molar-refractivity contribution in [2.24, 2.45) is 0 Å². The number of methoxy groups -OCH3 is 1. The molecule has 4 amide bonds. The molecule has 2 aliphatic rings. The molecule has 1 fully saturated rings. The van der Waals surface area contributed by atoms with Crippen LogP contribution >= 0.6 is 0 Å². The SMILES string of the molecule is COc1ccc([C@H]2c3[nH]c4ccccc4c3C[C@H]3C(=O)N(c4ccc(C(=O)NCCCOC(C)C)cc4)C(=O)N23)cc1. The lowest BCUT2D eigenvalue weighted by atomic mass is 9.89. The molecule has 0 aliphatic carbocycles. The van der Waals surface area contributed by atoms with Crippen molar-refractivity contribution < 1.29 is 23.9 Å². The van der Waals surface area contributed by atoms with Crippen molar-refractivity contribution in [1.82, 2.24) is 15.2 Å². The van der Waals surface area contributed by atoms with Crippen LogP contribution in [0.15, 0.2) is 72.8 Å². The van der Waals surface area contributed by atoms with Gasteiger partial charge in [-0.1, -0.05) is 30.3 Å². The van der Waals surface area contributed by atoms with Crippen LogP contribution in [0.2, 0.25) is 0 Å². The maximum absolute atomic E-state index is 14.1. The molecule has 2 atom stereocenters. The molecule has 4 aromatic rings. The second-order valence-electron chi connectivity index (χ2n) is 10.9. The zero-order chi connectivity index (χ0) is 29.4. The van der Waals surface area contributed by atoms with Gasteiger partial charge in [-0.05, 0) is 73.9 Å². The van der Waals surface area contributed by atoms with E-state index in [1.54, 1.807) is 36.3 Å². The summed E-state index contributed by atoms with van der Waals surface area (Å²) in [5.41, 5.74) is 4.69. The average molecular weight is 567 g/mol. The Morgan fingerprint density at radius 3 is 2.48 bits per heavy atom. The zero-order valence-electron chi connectivity index (χ0n) is 23.9. The lowest BCUT2D eigenvalue weighted by Crippen LogP contribution is -2.44. The number of ether oxygens (including phenoxy) is 2. The van der Waals surface area contributed by atoms with Crippen LogP contribution in [0.3, 0.4) is 0 Å². The number of aromatic amines is 1. The molecular formula is C33H34N4O5. The van der Waals surface area contributed by atoms with Gasteiger partial charge in [-0.25, -0.2) is 9.69 Å². The van der Waals surface area contributed by atoms with Gasteiger partial charge in [0.1, 0.15) is 17.8 Å². The third-order valence-electron chi connectivity index (χ3n) is 7.93. The number of anilines is 1. The Balaban J connectivity index is 1.28. The highest BCUT2D eigenvalue weighted by Crippen LogP contribution is 2.45. The van der Waals surface area contributed by atoms with Gasteiger partial charge in [0, 0.05) is 41.7 Å². The number of carbonyl (C=O) groups is 3. The van der Waals surface area contributed by atoms with Crippen molar-refractivity contribution in [3.05, 3.63) is 95.2 Å². The molecular weight excluding hydrogens is 532 g/mol. The number of nitrogens with zero attached hydrogens (tertiary/aromatic N) is 2. The van der Waals surface area contributed by atoms with Gasteiger partial charge in [0.25, 0.3) is 11.8 Å². The van der Waals surface area contributed by atoms with Gasteiger partial charge in [0.15, 0.2) is 0 Å². The molecule has 2 aliphatic heterocycles. The lowest BCUT2D eigenvalue weighted by molar-refractivity contribution is -0.120. The van der Waals surface area contributed by atoms with E-state index in [9.17, 15) is 14.4 Å². The second kappa shape index (κ2) is 11.3. The summed E-state index contributed by atoms with van der Waals surface area (Å²) >= 11 is 0. The summed E-state index contributed by atoms with van der Waals surface area (Å²) in [6, 6.07) is 20.7. The number of benzene rings is 3. The molecule has 216 valence electrons. The van der Waals surface area contributed by atoms with E-state index in [1.807, 2.05) is 62.4 Å². The zero-order valence-corrected chi connectivity index (χ0v) is 23.9. The smallest absolute Gasteiger partial charge is 0.332 e. The second-order valence-corrected chi connectivity index (χ2v) is 10.9. The maximum atomic E-state index is 14.1. The molecule has 9 nitrogen and oxygen atoms in total. The molecule has 0 bridgehead atoms. The van der Waals surface area contributed by atoms with Crippen LogP contribution in [0.1, 0.15) is 53.5 Å². The Morgan fingerprint density at radius 2 is 1.76 bits per heavy atom. The van der Waals surface area contributed by atoms with Gasteiger partial charge < -0.3 is 19.8 Å². The minimum Gasteiger partial charge on any atom is -0.497 e. The summed E-state index contributed by atoms with van der Waals surface area (Å²) < 4.78 is 10.9. The van der Waals surface area contributed by atoms with E-state index in [-0.39, 0.29) is 17.9 Å². The summed E-state index contributed by atoms with van der Waals surface area (Å²) in [6.07, 6.45) is 1.27. The number of para-hydroxylation sites is 1. The summed E-state index contributed by atoms with van der Waals surface area (Å²) in [5, 5.41) is 3.94. The van der Waals surface area contributed by atoms with E-state index in [4.69, 9.17) is 9.47 Å². The van der Waals surface area contributed by atoms with Crippen molar-refractivity contribution in [2.45, 2.75) is 44.9 Å². The Bertz CT molecular complexity index is 1630. The van der Waals surface area contributed by atoms with Crippen molar-refractivity contribution in [1.29, 1.82) is 0 Å². The molecule has 42 heavy (non-hydrogen) atoms. The Kier molecular flexibility index (Phi) is 7.43. The Labute approximate surface area is 244 Å². The van der Waals surface area contributed by atoms with Crippen LogP contribution in [0, 0.1) is 0 Å². The summed E-state index contributed by atoms with van der Waals surface area (Å²) in [5.74, 6) is 0.214. The molecule has 0 unspecified atom stereocenters. The topological polar surface area (TPSA) is 104 Å². The molecule has 3 heterocycles. The molecule has 0 saturated carbocycles. The number of hydrogen-bond acceptors (Lipinski definition) is 5. The van der Waals surface area contributed by atoms with Crippen LogP contribution in [0.25, 0.3) is 10.9 Å². The fourth-order valence-corrected chi connectivity index (χ4v) is 5.90. The fraction of sp³-hybridized carbons (Fsp3) is 0.303. The number of urea groups is 1. The Hall–Kier alpha value is -4.63. The molecule has 9 heteroatoms. The average Bonchev–Trinajstić information content (AvgIpc) is 3.50. The minimum absolute atomic E-state index is 0.153. The first-order chi connectivity index (χ1) is 20.4. The quantitative estimate of drug-likeness (QED) is 0.214. The molecule has 2 N–H and O–H groups in total. The maximum Gasteiger partial charge on any atom is 0.332 e. The van der Waals surface area contributed by atoms with Crippen LogP contribution < -0.4 is 15.0 Å². The summed E-state index contributed by atoms with van der Waals surface area (Å²) in [6.45, 7) is 5.01. The molecule has 1 aromatic heterocycles. The number of nitrogens with one attached hydrogen (secondary N) is 2. The van der Waals surface area contributed by atoms with E-state index in [1.165, 1.54) is 4.90 Å². The molecule has 3 aromatic carbocycles. The third-order valence-corrected chi connectivity index (χ3v) is 7.93. The number of carbonyl (C=O) groups excluding carboxylic acids is 3. The first-order valence-corrected chi connectivity index (χ1v) is 14.3. The Morgan fingerprint density at radius 1 is 1.02 bits per heavy atom. The predicted octanol–water partition coefficient (Wildman–Crippen LogP) is 5.20. The van der Waals surface area contributed by atoms with E-state index in [2.05, 4.69) is 10.3 Å². The monoisotopic (exact) mass is 566 g/mol. The van der Waals surface area contributed by atoms with Crippen LogP contribution in [-0.2, 0) is 16.0 Å². The minimum atomic E-state index is -0.660. The summed E-state index contributed by atoms with van der Waals surface area (Å²) in [7, 11) is 1.61. The standard InChI is InChI=1S/C33H34N4O5/c1-20(2)42-18-6-17-34-31(38)22-9-13-23(14-10-22)36-32(39)28-19-26-25-7-4-5-8-27(25)35-29(26)30(37(28)33(36)40)21-11-15-24(41-3)16-12-21/h4-5,7-16,20,28,30,35H,6,17-19H2,1-3H3,(H,34,38)/t28-,30-/m0/s1. The van der Waals surface area contributed by atoms with E-state index in [0.29, 0.717) is 43.0 Å². The van der Waals surface area contributed by atoms with Gasteiger partial charge in [0.2, 0.25) is 0 Å². The van der Waals surface area contributed by atoms with E-state index in [0.717, 1.165) is 27.7 Å². The van der Waals surface area contributed by atoms with Crippen molar-refractivity contribution in [3.63, 3.8) is 0 Å². The number of amides is 4. The van der Waals surface area contributed by atoms with Gasteiger partial charge >= 0.3 is 6.03 Å². The predicted molar refractivity (Wildman–Crippen MR) is 160 cm³/mol. The number of fused-ring (bicyclic) bond motifs is 4. The fourth-order valence-electron chi connectivity index (χ4n) is 5.90. The molecule has 0 radical (unpaired) electrons. The largest absolute Gasteiger partial charge is 0.497 e. The van der Waals surface area contributed by atoms with Gasteiger partial charge in [-0.15, -0.1) is 0 Å². The highest BCUT2D eigenvalue weighted by molar-refractivity contribution is 6.22. The molecule has 0 spiro atoms. The van der Waals surface area contributed by atoms with Crippen molar-refractivity contribution in [2.75, 3.05) is 25.2 Å². The number of H-pyrrole nitrogens is 1. The van der Waals surface area contributed by atoms with Gasteiger partial charge in [-0.2, -0.15) is 0 Å². The van der Waals surface area contributed by atoms with Crippen LogP contribution in [0.5, 0.6) is 5.75 Å². The highest BCUT2D eigenvalue weighted by atomic mass is 16.5. The van der Waals surface area contributed by atoms with Crippen LogP contribution in [-0.4, -0.2) is 60.1 Å². The van der Waals surface area contributed by atoms with E-state index < -0.39 is 18.1 Å². The number of rotatable bonds is 9. The summed E-state index contributed by atoms with van der Waals surface area (Å²) in [4.78, 5) is 47.1. The highest BCUT2D eigenvalue weighted by Gasteiger charge is 2.53. The lowest BCUT2D eigenvalue weighted by Gasteiger charge is -2.36. The number of aromatic nitrogens is 1. The van der Waals surface area contributed by atoms with Crippen molar-refractivity contribution in [3.8, 4) is 5.75 Å². The van der Waals surface area contributed by atoms with E-state index >= 15 is 0 Å². The first kappa shape index (κ1) is 27.5. The van der Waals surface area contributed by atoms with Crippen molar-refractivity contribution >= 4 is 34.4 Å². The van der Waals surface area contributed by atoms with Gasteiger partial charge in [-0.3, -0.25) is 14.5 Å². The number of imide groups is 1. The van der Waals surface area contributed by atoms with Gasteiger partial charge in [0.05, 0.1) is 18.9 Å². The molecule has 6 rings (SSSR count). The number of hydrogen-bond donors (Lipinski definition) is 2. The first-order valence-electron chi connectivity index (χ1n) is 14.3. The van der Waals surface area contributed by atoms with Crippen LogP contribution in [0.4, 0.5) is 10.5 Å².